The van der Waals surface area contributed by atoms with Crippen LogP contribution in [0.2, 0.25) is 0 Å². The molecule has 0 saturated carbocycles. The number of carboxylic acids is 1. The van der Waals surface area contributed by atoms with Crippen LogP contribution in [0.15, 0.2) is 23.1 Å². The zero-order valence-corrected chi connectivity index (χ0v) is 15.3. The van der Waals surface area contributed by atoms with E-state index in [2.05, 4.69) is 0 Å². The molecule has 25 heavy (non-hydrogen) atoms. The minimum Gasteiger partial charge on any atom is -0.550 e. The molecule has 1 aromatic rings. The first kappa shape index (κ1) is 19.3. The quantitative estimate of drug-likeness (QED) is 0.544. The Kier molecular flexibility index (Phi) is 6.83. The number of amides is 1. The summed E-state index contributed by atoms with van der Waals surface area (Å²) in [7, 11) is 0. The van der Waals surface area contributed by atoms with Crippen LogP contribution >= 0.6 is 24.0 Å². The fraction of sp³-hybridized carbons (Fsp3) is 0.353. The van der Waals surface area contributed by atoms with Crippen molar-refractivity contribution >= 4 is 46.3 Å². The molecule has 1 aliphatic rings. The van der Waals surface area contributed by atoms with Crippen molar-refractivity contribution in [3.63, 3.8) is 0 Å². The zero-order chi connectivity index (χ0) is 18.4. The highest BCUT2D eigenvalue weighted by atomic mass is 32.2. The average molecular weight is 380 g/mol. The smallest absolute Gasteiger partial charge is 0.266 e. The summed E-state index contributed by atoms with van der Waals surface area (Å²) in [5.74, 6) is -0.877. The van der Waals surface area contributed by atoms with E-state index in [4.69, 9.17) is 17.0 Å². The number of rotatable bonds is 8. The molecule has 0 unspecified atom stereocenters. The van der Waals surface area contributed by atoms with Crippen molar-refractivity contribution in [2.24, 2.45) is 0 Å². The van der Waals surface area contributed by atoms with Crippen molar-refractivity contribution in [1.82, 2.24) is 4.90 Å². The van der Waals surface area contributed by atoms with Gasteiger partial charge in [0.05, 0.1) is 11.5 Å². The predicted octanol–water partition coefficient (Wildman–Crippen LogP) is 1.91. The summed E-state index contributed by atoms with van der Waals surface area (Å²) in [6.45, 7) is 2.78. The molecule has 1 N–H and O–H groups in total. The van der Waals surface area contributed by atoms with Gasteiger partial charge in [0.1, 0.15) is 15.8 Å². The van der Waals surface area contributed by atoms with Crippen LogP contribution in [0, 0.1) is 0 Å². The summed E-state index contributed by atoms with van der Waals surface area (Å²) in [6, 6.07) is 4.90. The van der Waals surface area contributed by atoms with Gasteiger partial charge in [0.2, 0.25) is 0 Å². The second kappa shape index (κ2) is 8.87. The molecule has 0 aromatic heterocycles. The van der Waals surface area contributed by atoms with Crippen LogP contribution < -0.4 is 9.84 Å². The van der Waals surface area contributed by atoms with Crippen LogP contribution in [0.1, 0.15) is 31.7 Å². The van der Waals surface area contributed by atoms with Gasteiger partial charge in [-0.05, 0) is 37.5 Å². The van der Waals surface area contributed by atoms with Gasteiger partial charge in [-0.3, -0.25) is 9.69 Å². The minimum atomic E-state index is -1.16. The molecule has 0 spiro atoms. The van der Waals surface area contributed by atoms with Gasteiger partial charge in [-0.15, -0.1) is 0 Å². The van der Waals surface area contributed by atoms with Gasteiger partial charge in [-0.1, -0.05) is 30.9 Å². The van der Waals surface area contributed by atoms with E-state index in [1.54, 1.807) is 18.2 Å². The summed E-state index contributed by atoms with van der Waals surface area (Å²) in [6.07, 6.45) is 2.58. The number of phenols is 1. The van der Waals surface area contributed by atoms with E-state index in [9.17, 15) is 19.8 Å². The molecule has 0 atom stereocenters. The van der Waals surface area contributed by atoms with Gasteiger partial charge < -0.3 is 19.7 Å². The number of thiocarbonyl (C=S) groups is 1. The molecule has 134 valence electrons. The fourth-order valence-corrected chi connectivity index (χ4v) is 3.47. The van der Waals surface area contributed by atoms with Crippen molar-refractivity contribution in [3.05, 3.63) is 28.7 Å². The first-order valence-electron chi connectivity index (χ1n) is 7.83. The fourth-order valence-electron chi connectivity index (χ4n) is 2.17. The number of thioether (sulfide) groups is 1. The van der Waals surface area contributed by atoms with E-state index < -0.39 is 5.97 Å². The highest BCUT2D eigenvalue weighted by Crippen LogP contribution is 2.35. The Labute approximate surface area is 155 Å². The molecule has 8 heteroatoms. The highest BCUT2D eigenvalue weighted by Gasteiger charge is 2.31. The summed E-state index contributed by atoms with van der Waals surface area (Å²) in [4.78, 5) is 24.6. The van der Waals surface area contributed by atoms with Crippen molar-refractivity contribution in [2.75, 3.05) is 13.2 Å². The van der Waals surface area contributed by atoms with E-state index in [0.29, 0.717) is 27.1 Å². The van der Waals surface area contributed by atoms with Crippen LogP contribution in [0.3, 0.4) is 0 Å². The lowest BCUT2D eigenvalue weighted by molar-refractivity contribution is -0.305. The molecule has 0 aliphatic carbocycles. The number of aliphatic carboxylic acids is 1. The third-order valence-electron chi connectivity index (χ3n) is 3.40. The van der Waals surface area contributed by atoms with E-state index in [1.165, 1.54) is 11.0 Å². The molecule has 1 saturated heterocycles. The lowest BCUT2D eigenvalue weighted by atomic mass is 10.1. The van der Waals surface area contributed by atoms with Gasteiger partial charge in [-0.25, -0.2) is 0 Å². The third-order valence-corrected chi connectivity index (χ3v) is 4.78. The maximum Gasteiger partial charge on any atom is 0.266 e. The molecule has 1 aliphatic heterocycles. The molecule has 1 aromatic carbocycles. The number of nitrogens with zero attached hydrogens (tertiary/aromatic N) is 1. The highest BCUT2D eigenvalue weighted by molar-refractivity contribution is 8.26. The molecule has 6 nitrogen and oxygen atoms in total. The topological polar surface area (TPSA) is 89.9 Å². The van der Waals surface area contributed by atoms with Crippen LogP contribution in [-0.2, 0) is 9.59 Å². The normalized spacial score (nSPS) is 15.9. The predicted molar refractivity (Wildman–Crippen MR) is 98.0 cm³/mol. The largest absolute Gasteiger partial charge is 0.550 e. The number of carboxylic acid groups (broad SMARTS) is 1. The lowest BCUT2D eigenvalue weighted by Crippen LogP contribution is -2.30. The van der Waals surface area contributed by atoms with Crippen LogP contribution in [0.4, 0.5) is 0 Å². The molecular formula is C17H18NO5S2-. The Balaban J connectivity index is 2.09. The van der Waals surface area contributed by atoms with E-state index in [1.807, 2.05) is 6.92 Å². The Hall–Kier alpha value is -2.06. The van der Waals surface area contributed by atoms with E-state index in [-0.39, 0.29) is 31.0 Å². The standard InChI is InChI=1S/C17H19NO5S2/c1-2-8-23-12-6-5-11(13(19)10-12)9-14-16(22)18(17(24)25-14)7-3-4-15(20)21/h5-6,9-10,19H,2-4,7-8H2,1H3,(H,20,21)/p-1/b14-9-. The van der Waals surface area contributed by atoms with Crippen molar-refractivity contribution in [2.45, 2.75) is 26.2 Å². The summed E-state index contributed by atoms with van der Waals surface area (Å²) < 4.78 is 5.82. The number of ether oxygens (including phenoxy) is 1. The van der Waals surface area contributed by atoms with Crippen molar-refractivity contribution in [3.8, 4) is 11.5 Å². The van der Waals surface area contributed by atoms with Crippen LogP contribution in [0.25, 0.3) is 6.08 Å². The summed E-state index contributed by atoms with van der Waals surface area (Å²) in [5, 5.41) is 20.6. The van der Waals surface area contributed by atoms with Gasteiger partial charge in [-0.2, -0.15) is 0 Å². The number of benzene rings is 1. The molecule has 1 fully saturated rings. The Bertz CT molecular complexity index is 717. The SMILES string of the molecule is CCCOc1ccc(/C=C2\SC(=S)N(CCCC(=O)[O-])C2=O)c(O)c1. The van der Waals surface area contributed by atoms with Gasteiger partial charge in [0, 0.05) is 24.1 Å². The minimum absolute atomic E-state index is 0.0100. The van der Waals surface area contributed by atoms with E-state index >= 15 is 0 Å². The van der Waals surface area contributed by atoms with Gasteiger partial charge >= 0.3 is 0 Å². The second-order valence-corrected chi connectivity index (χ2v) is 7.05. The first-order chi connectivity index (χ1) is 11.9. The van der Waals surface area contributed by atoms with Gasteiger partial charge in [0.15, 0.2) is 0 Å². The number of carbonyl (C=O) groups excluding carboxylic acids is 2. The molecular weight excluding hydrogens is 362 g/mol. The number of aromatic hydroxyl groups is 1. The average Bonchev–Trinajstić information content (AvgIpc) is 2.82. The molecule has 0 bridgehead atoms. The molecule has 2 rings (SSSR count). The molecule has 1 amide bonds. The van der Waals surface area contributed by atoms with Crippen molar-refractivity contribution in [1.29, 1.82) is 0 Å². The van der Waals surface area contributed by atoms with Crippen LogP contribution in [-0.4, -0.2) is 39.4 Å². The zero-order valence-electron chi connectivity index (χ0n) is 13.7. The van der Waals surface area contributed by atoms with Crippen LogP contribution in [0.5, 0.6) is 11.5 Å². The van der Waals surface area contributed by atoms with E-state index in [0.717, 1.165) is 18.2 Å². The second-order valence-electron chi connectivity index (χ2n) is 5.38. The lowest BCUT2D eigenvalue weighted by Gasteiger charge is -2.14. The third kappa shape index (κ3) is 5.20. The molecule has 0 radical (unpaired) electrons. The Morgan fingerprint density at radius 2 is 2.24 bits per heavy atom. The maximum atomic E-state index is 12.4. The van der Waals surface area contributed by atoms with Gasteiger partial charge in [0.25, 0.3) is 5.91 Å². The van der Waals surface area contributed by atoms with Crippen molar-refractivity contribution < 1.29 is 24.5 Å². The Morgan fingerprint density at radius 1 is 1.48 bits per heavy atom. The Morgan fingerprint density at radius 3 is 2.88 bits per heavy atom. The summed E-state index contributed by atoms with van der Waals surface area (Å²) >= 11 is 6.30. The monoisotopic (exact) mass is 380 g/mol. The molecule has 1 heterocycles. The maximum absolute atomic E-state index is 12.4. The number of carbonyl (C=O) groups is 2. The first-order valence-corrected chi connectivity index (χ1v) is 9.06. The number of hydrogen-bond acceptors (Lipinski definition) is 7. The summed E-state index contributed by atoms with van der Waals surface area (Å²) in [5.41, 5.74) is 0.485. The number of phenolic OH excluding ortho intramolecular Hbond substituents is 1. The number of hydrogen-bond donors (Lipinski definition) is 1.